The number of carbonyl (C=O) groups excluding carboxylic acids is 2. The van der Waals surface area contributed by atoms with Crippen molar-refractivity contribution in [3.8, 4) is 23.0 Å². The third-order valence-corrected chi connectivity index (χ3v) is 4.45. The monoisotopic (exact) mass is 417 g/mol. The summed E-state index contributed by atoms with van der Waals surface area (Å²) in [5, 5.41) is 2.76. The van der Waals surface area contributed by atoms with Gasteiger partial charge in [-0.2, -0.15) is 0 Å². The number of nitrogens with one attached hydrogen (secondary N) is 1. The first kappa shape index (κ1) is 22.9. The third-order valence-electron chi connectivity index (χ3n) is 4.45. The van der Waals surface area contributed by atoms with E-state index in [9.17, 15) is 9.59 Å². The van der Waals surface area contributed by atoms with Crippen LogP contribution in [0.15, 0.2) is 36.4 Å². The quantitative estimate of drug-likeness (QED) is 0.594. The molecule has 1 N–H and O–H groups in total. The van der Waals surface area contributed by atoms with Gasteiger partial charge in [-0.15, -0.1) is 0 Å². The maximum Gasteiger partial charge on any atom is 0.342 e. The number of hydrogen-bond acceptors (Lipinski definition) is 7. The molecule has 0 radical (unpaired) electrons. The molecule has 1 unspecified atom stereocenters. The fraction of sp³-hybridized carbons (Fsp3) is 0.364. The molecule has 0 spiro atoms. The molecule has 1 atom stereocenters. The van der Waals surface area contributed by atoms with E-state index in [0.717, 1.165) is 11.3 Å². The zero-order valence-corrected chi connectivity index (χ0v) is 17.8. The van der Waals surface area contributed by atoms with Crippen LogP contribution in [0.2, 0.25) is 0 Å². The van der Waals surface area contributed by atoms with Crippen LogP contribution in [0.3, 0.4) is 0 Å². The Morgan fingerprint density at radius 1 is 0.867 bits per heavy atom. The first-order valence-electron chi connectivity index (χ1n) is 9.35. The van der Waals surface area contributed by atoms with Crippen molar-refractivity contribution in [1.82, 2.24) is 5.32 Å². The predicted octanol–water partition coefficient (Wildman–Crippen LogP) is 2.63. The van der Waals surface area contributed by atoms with Crippen LogP contribution in [0.25, 0.3) is 0 Å². The summed E-state index contributed by atoms with van der Waals surface area (Å²) in [7, 11) is 5.93. The molecule has 8 nitrogen and oxygen atoms in total. The summed E-state index contributed by atoms with van der Waals surface area (Å²) >= 11 is 0. The predicted molar refractivity (Wildman–Crippen MR) is 111 cm³/mol. The molecule has 0 saturated heterocycles. The molecule has 0 aliphatic carbocycles. The summed E-state index contributed by atoms with van der Waals surface area (Å²) in [5.74, 6) is 0.533. The Kier molecular flexibility index (Phi) is 8.34. The largest absolute Gasteiger partial charge is 0.497 e. The molecular formula is C22H27NO7. The van der Waals surface area contributed by atoms with E-state index in [1.807, 2.05) is 24.3 Å². The highest BCUT2D eigenvalue weighted by Gasteiger charge is 2.25. The number of ether oxygens (including phenoxy) is 5. The second-order valence-electron chi connectivity index (χ2n) is 6.32. The highest BCUT2D eigenvalue weighted by Crippen LogP contribution is 2.40. The van der Waals surface area contributed by atoms with Crippen molar-refractivity contribution >= 4 is 11.9 Å². The smallest absolute Gasteiger partial charge is 0.342 e. The first-order chi connectivity index (χ1) is 14.4. The van der Waals surface area contributed by atoms with E-state index in [2.05, 4.69) is 5.32 Å². The minimum absolute atomic E-state index is 0.132. The van der Waals surface area contributed by atoms with Gasteiger partial charge in [-0.3, -0.25) is 4.79 Å². The maximum atomic E-state index is 12.6. The van der Waals surface area contributed by atoms with E-state index < -0.39 is 18.0 Å². The average Bonchev–Trinajstić information content (AvgIpc) is 2.77. The third kappa shape index (κ3) is 5.56. The fourth-order valence-corrected chi connectivity index (χ4v) is 2.81. The lowest BCUT2D eigenvalue weighted by atomic mass is 10.1. The van der Waals surface area contributed by atoms with Crippen molar-refractivity contribution in [2.45, 2.75) is 19.4 Å². The minimum atomic E-state index is -0.980. The zero-order valence-electron chi connectivity index (χ0n) is 17.8. The molecule has 0 aliphatic rings. The van der Waals surface area contributed by atoms with Crippen molar-refractivity contribution in [2.24, 2.45) is 0 Å². The van der Waals surface area contributed by atoms with Gasteiger partial charge < -0.3 is 29.0 Å². The van der Waals surface area contributed by atoms with Crippen LogP contribution >= 0.6 is 0 Å². The van der Waals surface area contributed by atoms with Crippen molar-refractivity contribution < 1.29 is 33.3 Å². The van der Waals surface area contributed by atoms with Crippen LogP contribution in [0.1, 0.15) is 22.8 Å². The van der Waals surface area contributed by atoms with Gasteiger partial charge >= 0.3 is 5.97 Å². The Labute approximate surface area is 176 Å². The van der Waals surface area contributed by atoms with E-state index in [-0.39, 0.29) is 17.1 Å². The second kappa shape index (κ2) is 10.9. The molecule has 0 bridgehead atoms. The Morgan fingerprint density at radius 2 is 1.53 bits per heavy atom. The van der Waals surface area contributed by atoms with E-state index in [1.165, 1.54) is 34.3 Å². The molecular weight excluding hydrogens is 390 g/mol. The number of esters is 1. The van der Waals surface area contributed by atoms with Gasteiger partial charge in [0.25, 0.3) is 5.91 Å². The van der Waals surface area contributed by atoms with Gasteiger partial charge in [0.05, 0.1) is 28.4 Å². The van der Waals surface area contributed by atoms with E-state index in [4.69, 9.17) is 23.7 Å². The van der Waals surface area contributed by atoms with Gasteiger partial charge in [0.1, 0.15) is 11.3 Å². The molecule has 8 heteroatoms. The molecule has 2 rings (SSSR count). The number of amides is 1. The van der Waals surface area contributed by atoms with Crippen molar-refractivity contribution in [1.29, 1.82) is 0 Å². The summed E-state index contributed by atoms with van der Waals surface area (Å²) < 4.78 is 26.2. The van der Waals surface area contributed by atoms with E-state index >= 15 is 0 Å². The highest BCUT2D eigenvalue weighted by atomic mass is 16.6. The highest BCUT2D eigenvalue weighted by molar-refractivity contribution is 5.96. The van der Waals surface area contributed by atoms with E-state index in [0.29, 0.717) is 18.7 Å². The molecule has 0 aliphatic heterocycles. The van der Waals surface area contributed by atoms with E-state index in [1.54, 1.807) is 13.2 Å². The summed E-state index contributed by atoms with van der Waals surface area (Å²) in [5.41, 5.74) is 1.18. The zero-order chi connectivity index (χ0) is 22.1. The van der Waals surface area contributed by atoms with Gasteiger partial charge in [0.15, 0.2) is 17.6 Å². The fourth-order valence-electron chi connectivity index (χ4n) is 2.81. The number of methoxy groups -OCH3 is 4. The Bertz CT molecular complexity index is 865. The van der Waals surface area contributed by atoms with Gasteiger partial charge in [0, 0.05) is 6.54 Å². The maximum absolute atomic E-state index is 12.6. The lowest BCUT2D eigenvalue weighted by Gasteiger charge is -2.17. The molecule has 0 heterocycles. The summed E-state index contributed by atoms with van der Waals surface area (Å²) in [6.45, 7) is 1.92. The average molecular weight is 417 g/mol. The number of rotatable bonds is 10. The molecule has 0 fully saturated rings. The SMILES string of the molecule is COc1ccc(CCNC(=O)C(C)OC(=O)c2ccc(OC)c(OC)c2OC)cc1. The number of hydrogen-bond donors (Lipinski definition) is 1. The lowest BCUT2D eigenvalue weighted by Crippen LogP contribution is -2.37. The topological polar surface area (TPSA) is 92.3 Å². The molecule has 0 saturated carbocycles. The molecule has 0 aromatic heterocycles. The minimum Gasteiger partial charge on any atom is -0.497 e. The van der Waals surface area contributed by atoms with Crippen molar-refractivity contribution in [3.63, 3.8) is 0 Å². The Balaban J connectivity index is 1.95. The van der Waals surface area contributed by atoms with Crippen molar-refractivity contribution in [2.75, 3.05) is 35.0 Å². The van der Waals surface area contributed by atoms with Crippen LogP contribution in [0.4, 0.5) is 0 Å². The summed E-state index contributed by atoms with van der Waals surface area (Å²) in [6.07, 6.45) is -0.342. The van der Waals surface area contributed by atoms with Crippen LogP contribution < -0.4 is 24.3 Å². The van der Waals surface area contributed by atoms with Gasteiger partial charge in [-0.25, -0.2) is 4.79 Å². The molecule has 2 aromatic rings. The van der Waals surface area contributed by atoms with Crippen molar-refractivity contribution in [3.05, 3.63) is 47.5 Å². The first-order valence-corrected chi connectivity index (χ1v) is 9.35. The van der Waals surface area contributed by atoms with Crippen LogP contribution in [-0.4, -0.2) is 53.0 Å². The summed E-state index contributed by atoms with van der Waals surface area (Å²) in [4.78, 5) is 24.9. The number of benzene rings is 2. The molecule has 30 heavy (non-hydrogen) atoms. The van der Waals surface area contributed by atoms with Crippen LogP contribution in [0, 0.1) is 0 Å². The summed E-state index contributed by atoms with van der Waals surface area (Å²) in [6, 6.07) is 10.6. The standard InChI is InChI=1S/C22H27NO7/c1-14(21(24)23-13-12-15-6-8-16(26-2)9-7-15)30-22(25)17-10-11-18(27-3)20(29-5)19(17)28-4/h6-11,14H,12-13H2,1-5H3,(H,23,24). The Hall–Kier alpha value is -3.42. The van der Waals surface area contributed by atoms with Crippen LogP contribution in [-0.2, 0) is 16.0 Å². The molecule has 162 valence electrons. The Morgan fingerprint density at radius 3 is 2.10 bits per heavy atom. The van der Waals surface area contributed by atoms with Gasteiger partial charge in [-0.05, 0) is 43.2 Å². The molecule has 2 aromatic carbocycles. The normalized spacial score (nSPS) is 11.2. The molecule has 1 amide bonds. The van der Waals surface area contributed by atoms with Gasteiger partial charge in [0.2, 0.25) is 5.75 Å². The lowest BCUT2D eigenvalue weighted by molar-refractivity contribution is -0.129. The van der Waals surface area contributed by atoms with Gasteiger partial charge in [-0.1, -0.05) is 12.1 Å². The van der Waals surface area contributed by atoms with Crippen LogP contribution in [0.5, 0.6) is 23.0 Å². The second-order valence-corrected chi connectivity index (χ2v) is 6.32. The number of carbonyl (C=O) groups is 2.